The third-order valence-corrected chi connectivity index (χ3v) is 7.00. The van der Waals surface area contributed by atoms with Crippen molar-refractivity contribution in [2.75, 3.05) is 12.3 Å². The van der Waals surface area contributed by atoms with Crippen molar-refractivity contribution >= 4 is 29.3 Å². The Morgan fingerprint density at radius 3 is 2.26 bits per heavy atom. The Labute approximate surface area is 217 Å². The zero-order valence-electron chi connectivity index (χ0n) is 15.9. The Bertz CT molecular complexity index is 956. The van der Waals surface area contributed by atoms with Gasteiger partial charge in [-0.3, -0.25) is 18.2 Å². The van der Waals surface area contributed by atoms with Crippen molar-refractivity contribution in [3.63, 3.8) is 0 Å². The van der Waals surface area contributed by atoms with Gasteiger partial charge in [0.2, 0.25) is 0 Å². The van der Waals surface area contributed by atoms with Gasteiger partial charge < -0.3 is 40.3 Å². The molecule has 1 aromatic heterocycles. The van der Waals surface area contributed by atoms with Gasteiger partial charge in [-0.25, -0.2) is 18.0 Å². The van der Waals surface area contributed by atoms with E-state index in [0.29, 0.717) is 0 Å². The zero-order chi connectivity index (χ0) is 22.2. The first-order chi connectivity index (χ1) is 13.1. The number of phosphoric ester groups is 1. The average Bonchev–Trinajstić information content (AvgIpc) is 2.78. The number of ether oxygens (including phenoxy) is 1. The van der Waals surface area contributed by atoms with Crippen molar-refractivity contribution in [2.45, 2.75) is 24.5 Å². The Balaban J connectivity index is 0.00000450. The van der Waals surface area contributed by atoms with Gasteiger partial charge >= 0.3 is 72.6 Å². The van der Waals surface area contributed by atoms with Gasteiger partial charge in [0.1, 0.15) is 24.1 Å². The molecular formula is C9H14N3Na2O14P3. The van der Waals surface area contributed by atoms with Crippen LogP contribution in [0.1, 0.15) is 6.23 Å². The van der Waals surface area contributed by atoms with Gasteiger partial charge in [-0.1, -0.05) is 0 Å². The number of anilines is 1. The first-order valence-electron chi connectivity index (χ1n) is 7.21. The Hall–Kier alpha value is 0.970. The Kier molecular flexibility index (Phi) is 12.5. The van der Waals surface area contributed by atoms with Crippen molar-refractivity contribution in [1.82, 2.24) is 9.55 Å². The largest absolute Gasteiger partial charge is 1.00 e. The summed E-state index contributed by atoms with van der Waals surface area (Å²) in [5, 5.41) is 19.9. The normalized spacial score (nSPS) is 29.0. The first kappa shape index (κ1) is 32.0. The third-order valence-electron chi connectivity index (χ3n) is 3.27. The van der Waals surface area contributed by atoms with Crippen molar-refractivity contribution in [2.24, 2.45) is 0 Å². The molecular weight excluding hydrogens is 513 g/mol. The van der Waals surface area contributed by atoms with Crippen molar-refractivity contribution in [1.29, 1.82) is 0 Å². The Morgan fingerprint density at radius 1 is 1.16 bits per heavy atom. The van der Waals surface area contributed by atoms with Crippen LogP contribution in [0.3, 0.4) is 0 Å². The molecule has 17 nitrogen and oxygen atoms in total. The minimum Gasteiger partial charge on any atom is -0.756 e. The van der Waals surface area contributed by atoms with Crippen LogP contribution in [0.5, 0.6) is 0 Å². The Morgan fingerprint density at radius 2 is 1.74 bits per heavy atom. The number of aromatic nitrogens is 2. The van der Waals surface area contributed by atoms with Crippen LogP contribution in [-0.2, 0) is 31.6 Å². The van der Waals surface area contributed by atoms with Crippen LogP contribution >= 0.6 is 23.5 Å². The van der Waals surface area contributed by atoms with E-state index in [1.165, 1.54) is 6.07 Å². The fourth-order valence-electron chi connectivity index (χ4n) is 2.18. The van der Waals surface area contributed by atoms with Crippen LogP contribution in [0.15, 0.2) is 17.1 Å². The van der Waals surface area contributed by atoms with Gasteiger partial charge in [-0.15, -0.1) is 0 Å². The fraction of sp³-hybridized carbons (Fsp3) is 0.556. The summed E-state index contributed by atoms with van der Waals surface area (Å²) in [5.41, 5.74) is 4.37. The maximum atomic E-state index is 11.8. The minimum absolute atomic E-state index is 0. The molecule has 0 spiro atoms. The van der Waals surface area contributed by atoms with Crippen LogP contribution in [-0.4, -0.2) is 54.5 Å². The topological polar surface area (TPSA) is 276 Å². The summed E-state index contributed by atoms with van der Waals surface area (Å²) in [6.45, 7) is -1.06. The number of nitrogen functional groups attached to an aromatic ring is 1. The average molecular weight is 527 g/mol. The summed E-state index contributed by atoms with van der Waals surface area (Å²) < 4.78 is 49.9. The summed E-state index contributed by atoms with van der Waals surface area (Å²) >= 11 is 0. The second-order valence-electron chi connectivity index (χ2n) is 5.43. The number of hydrogen-bond acceptors (Lipinski definition) is 14. The van der Waals surface area contributed by atoms with E-state index in [1.807, 2.05) is 0 Å². The third kappa shape index (κ3) is 9.62. The van der Waals surface area contributed by atoms with Crippen molar-refractivity contribution in [3.05, 3.63) is 22.7 Å². The molecule has 0 aromatic carbocycles. The van der Waals surface area contributed by atoms with Gasteiger partial charge in [0.25, 0.3) is 15.6 Å². The van der Waals surface area contributed by atoms with E-state index in [0.717, 1.165) is 10.8 Å². The molecule has 7 atom stereocenters. The van der Waals surface area contributed by atoms with Crippen LogP contribution < -0.4 is 80.3 Å². The molecule has 0 saturated carbocycles. The number of aliphatic hydroxyl groups excluding tert-OH is 2. The van der Waals surface area contributed by atoms with Gasteiger partial charge in [0, 0.05) is 6.20 Å². The molecule has 2 rings (SSSR count). The molecule has 3 unspecified atom stereocenters. The molecule has 6 N–H and O–H groups in total. The molecule has 1 aromatic rings. The SMILES string of the molecule is Nc1ccn([C@H]2O[C@H](COP(=O)(O)OP(=O)([O-])OP(=O)([O-])O)[C@H](O)[C@@H]2O)c(=O)n1.[Na+].[Na+]. The van der Waals surface area contributed by atoms with Gasteiger partial charge in [-0.2, -0.15) is 4.98 Å². The van der Waals surface area contributed by atoms with E-state index in [4.69, 9.17) is 15.4 Å². The minimum atomic E-state index is -6.03. The summed E-state index contributed by atoms with van der Waals surface area (Å²) in [6, 6.07) is 1.19. The van der Waals surface area contributed by atoms with E-state index in [9.17, 15) is 43.4 Å². The number of phosphoric acid groups is 3. The van der Waals surface area contributed by atoms with Gasteiger partial charge in [0.05, 0.1) is 6.61 Å². The number of rotatable bonds is 8. The molecule has 0 aliphatic carbocycles. The monoisotopic (exact) mass is 527 g/mol. The second kappa shape index (κ2) is 12.1. The summed E-state index contributed by atoms with van der Waals surface area (Å²) in [4.78, 5) is 54.3. The number of aliphatic hydroxyl groups is 2. The molecule has 31 heavy (non-hydrogen) atoms. The van der Waals surface area contributed by atoms with Crippen molar-refractivity contribution < 1.29 is 120 Å². The van der Waals surface area contributed by atoms with Gasteiger partial charge in [0.15, 0.2) is 6.23 Å². The molecule has 1 aliphatic rings. The number of hydrogen-bond donors (Lipinski definition) is 5. The summed E-state index contributed by atoms with van der Waals surface area (Å²) in [7, 11) is -17.4. The van der Waals surface area contributed by atoms with Gasteiger partial charge in [-0.05, 0) is 6.07 Å². The maximum Gasteiger partial charge on any atom is 1.00 e. The smallest absolute Gasteiger partial charge is 0.756 e. The predicted octanol–water partition coefficient (Wildman–Crippen LogP) is -9.47. The number of nitrogens with two attached hydrogens (primary N) is 1. The maximum absolute atomic E-state index is 11.8. The van der Waals surface area contributed by atoms with Crippen LogP contribution in [0.4, 0.5) is 5.82 Å². The predicted molar refractivity (Wildman–Crippen MR) is 84.2 cm³/mol. The van der Waals surface area contributed by atoms with E-state index < -0.39 is 60.3 Å². The molecule has 0 bridgehead atoms. The van der Waals surface area contributed by atoms with E-state index in [2.05, 4.69) is 18.1 Å². The van der Waals surface area contributed by atoms with Crippen LogP contribution in [0, 0.1) is 0 Å². The van der Waals surface area contributed by atoms with Crippen molar-refractivity contribution in [3.8, 4) is 0 Å². The quantitative estimate of drug-likeness (QED) is 0.155. The van der Waals surface area contributed by atoms with E-state index >= 15 is 0 Å². The van der Waals surface area contributed by atoms with Crippen LogP contribution in [0.25, 0.3) is 0 Å². The summed E-state index contributed by atoms with van der Waals surface area (Å²) in [5.74, 6) is -0.132. The molecule has 2 heterocycles. The molecule has 166 valence electrons. The number of nitrogens with zero attached hydrogens (tertiary/aromatic N) is 2. The summed E-state index contributed by atoms with van der Waals surface area (Å²) in [6.07, 6.45) is -5.50. The fourth-order valence-corrected chi connectivity index (χ4v) is 5.11. The molecule has 22 heteroatoms. The first-order valence-corrected chi connectivity index (χ1v) is 11.7. The molecule has 0 radical (unpaired) electrons. The zero-order valence-corrected chi connectivity index (χ0v) is 22.5. The molecule has 0 amide bonds. The molecule has 1 fully saturated rings. The van der Waals surface area contributed by atoms with Crippen LogP contribution in [0.2, 0.25) is 0 Å². The second-order valence-corrected chi connectivity index (χ2v) is 9.77. The molecule has 1 aliphatic heterocycles. The molecule has 1 saturated heterocycles. The van der Waals surface area contributed by atoms with E-state index in [-0.39, 0.29) is 64.9 Å². The standard InChI is InChI=1S/C9H16N3O14P3.2Na/c10-5-1-2-12(9(15)11-5)8-7(14)6(13)4(24-8)3-23-28(19,20)26-29(21,22)25-27(16,17)18;;/h1-2,4,6-8,13-14H,3H2,(H,19,20)(H,21,22)(H2,10,11,15)(H2,16,17,18);;/q;2*+1/p-2/t4-,6+,7+,8+;;/m1../s1. The van der Waals surface area contributed by atoms with E-state index in [1.54, 1.807) is 0 Å².